The molecule has 0 amide bonds. The van der Waals surface area contributed by atoms with E-state index in [1.165, 1.54) is 35.5 Å². The fraction of sp³-hybridized carbons (Fsp3) is 0.316. The van der Waals surface area contributed by atoms with Crippen LogP contribution in [0.3, 0.4) is 0 Å². The Morgan fingerprint density at radius 2 is 1.19 bits per heavy atom. The van der Waals surface area contributed by atoms with Gasteiger partial charge in [-0.05, 0) is 17.7 Å². The lowest BCUT2D eigenvalue weighted by Gasteiger charge is -2.14. The lowest BCUT2D eigenvalue weighted by molar-refractivity contribution is -0.133. The molecule has 0 spiro atoms. The molecule has 2 rings (SSSR count). The minimum absolute atomic E-state index is 0.0240. The number of hydrogen-bond donors (Lipinski definition) is 0. The van der Waals surface area contributed by atoms with Gasteiger partial charge < -0.3 is 28.4 Å². The van der Waals surface area contributed by atoms with Crippen LogP contribution in [0.25, 0.3) is 0 Å². The molecule has 0 aliphatic rings. The standard InChI is InChI=1S/C19H22O7/c1-21-13-9-14(22-2)11-15(10-13)26-18(20)8-12-6-16(23-3)19(25-5)17(7-12)24-4/h6-7,9-11H,8H2,1-5H3. The number of ether oxygens (including phenoxy) is 6. The average molecular weight is 362 g/mol. The Balaban J connectivity index is 2.20. The maximum absolute atomic E-state index is 12.3. The molecule has 0 fully saturated rings. The van der Waals surface area contributed by atoms with Crippen LogP contribution in [0.1, 0.15) is 5.56 Å². The first-order chi connectivity index (χ1) is 12.5. The molecule has 0 atom stereocenters. The van der Waals surface area contributed by atoms with Crippen molar-refractivity contribution in [1.82, 2.24) is 0 Å². The molecule has 26 heavy (non-hydrogen) atoms. The van der Waals surface area contributed by atoms with Crippen molar-refractivity contribution in [1.29, 1.82) is 0 Å². The van der Waals surface area contributed by atoms with Crippen LogP contribution in [0.5, 0.6) is 34.5 Å². The summed E-state index contributed by atoms with van der Waals surface area (Å²) in [6, 6.07) is 8.31. The maximum Gasteiger partial charge on any atom is 0.315 e. The Labute approximate surface area is 152 Å². The molecule has 0 N–H and O–H groups in total. The van der Waals surface area contributed by atoms with Crippen LogP contribution in [0.4, 0.5) is 0 Å². The fourth-order valence-corrected chi connectivity index (χ4v) is 2.41. The van der Waals surface area contributed by atoms with Gasteiger partial charge in [0.25, 0.3) is 0 Å². The van der Waals surface area contributed by atoms with Crippen LogP contribution in [0.2, 0.25) is 0 Å². The van der Waals surface area contributed by atoms with Crippen molar-refractivity contribution in [2.75, 3.05) is 35.5 Å². The Hall–Kier alpha value is -3.09. The van der Waals surface area contributed by atoms with Gasteiger partial charge in [0, 0.05) is 18.2 Å². The number of carbonyl (C=O) groups excluding carboxylic acids is 1. The zero-order valence-corrected chi connectivity index (χ0v) is 15.5. The summed E-state index contributed by atoms with van der Waals surface area (Å²) in [5.41, 5.74) is 0.666. The highest BCUT2D eigenvalue weighted by Crippen LogP contribution is 2.38. The molecule has 0 unspecified atom stereocenters. The van der Waals surface area contributed by atoms with Gasteiger partial charge in [0.05, 0.1) is 42.0 Å². The Morgan fingerprint density at radius 1 is 0.692 bits per heavy atom. The summed E-state index contributed by atoms with van der Waals surface area (Å²) in [5.74, 6) is 2.34. The Bertz CT molecular complexity index is 723. The van der Waals surface area contributed by atoms with Crippen molar-refractivity contribution in [3.63, 3.8) is 0 Å². The van der Waals surface area contributed by atoms with E-state index in [2.05, 4.69) is 0 Å². The highest BCUT2D eigenvalue weighted by atomic mass is 16.5. The first kappa shape index (κ1) is 19.2. The van der Waals surface area contributed by atoms with E-state index in [-0.39, 0.29) is 6.42 Å². The third-order valence-corrected chi connectivity index (χ3v) is 3.63. The van der Waals surface area contributed by atoms with Gasteiger partial charge in [-0.15, -0.1) is 0 Å². The van der Waals surface area contributed by atoms with Crippen molar-refractivity contribution in [2.45, 2.75) is 6.42 Å². The molecule has 140 valence electrons. The number of carbonyl (C=O) groups is 1. The first-order valence-corrected chi connectivity index (χ1v) is 7.77. The fourth-order valence-electron chi connectivity index (χ4n) is 2.41. The van der Waals surface area contributed by atoms with Gasteiger partial charge in [-0.2, -0.15) is 0 Å². The second-order valence-corrected chi connectivity index (χ2v) is 5.23. The minimum Gasteiger partial charge on any atom is -0.496 e. The quantitative estimate of drug-likeness (QED) is 0.528. The third kappa shape index (κ3) is 4.50. The van der Waals surface area contributed by atoms with E-state index >= 15 is 0 Å². The molecular formula is C19H22O7. The zero-order chi connectivity index (χ0) is 19.1. The lowest BCUT2D eigenvalue weighted by Crippen LogP contribution is -2.12. The lowest BCUT2D eigenvalue weighted by atomic mass is 10.1. The molecule has 0 bridgehead atoms. The molecule has 2 aromatic rings. The normalized spacial score (nSPS) is 10.0. The van der Waals surface area contributed by atoms with Crippen molar-refractivity contribution in [3.05, 3.63) is 35.9 Å². The van der Waals surface area contributed by atoms with Gasteiger partial charge in [-0.3, -0.25) is 4.79 Å². The van der Waals surface area contributed by atoms with E-state index in [4.69, 9.17) is 28.4 Å². The van der Waals surface area contributed by atoms with Crippen LogP contribution in [-0.2, 0) is 11.2 Å². The second-order valence-electron chi connectivity index (χ2n) is 5.23. The van der Waals surface area contributed by atoms with Crippen molar-refractivity contribution in [3.8, 4) is 34.5 Å². The highest BCUT2D eigenvalue weighted by Gasteiger charge is 2.16. The number of hydrogen-bond acceptors (Lipinski definition) is 7. The molecule has 0 saturated heterocycles. The largest absolute Gasteiger partial charge is 0.496 e. The first-order valence-electron chi connectivity index (χ1n) is 7.77. The summed E-state index contributed by atoms with van der Waals surface area (Å²) < 4.78 is 31.6. The van der Waals surface area contributed by atoms with E-state index in [0.717, 1.165) is 0 Å². The summed E-state index contributed by atoms with van der Waals surface area (Å²) in [6.07, 6.45) is 0.0240. The molecular weight excluding hydrogens is 340 g/mol. The van der Waals surface area contributed by atoms with Crippen LogP contribution in [0, 0.1) is 0 Å². The van der Waals surface area contributed by atoms with E-state index < -0.39 is 5.97 Å². The summed E-state index contributed by atoms with van der Waals surface area (Å²) in [7, 11) is 7.60. The molecule has 7 heteroatoms. The summed E-state index contributed by atoms with van der Waals surface area (Å²) in [6.45, 7) is 0. The van der Waals surface area contributed by atoms with Gasteiger partial charge in [-0.25, -0.2) is 0 Å². The average Bonchev–Trinajstić information content (AvgIpc) is 2.66. The van der Waals surface area contributed by atoms with Crippen molar-refractivity contribution in [2.24, 2.45) is 0 Å². The second kappa shape index (κ2) is 8.84. The summed E-state index contributed by atoms with van der Waals surface area (Å²) >= 11 is 0. The minimum atomic E-state index is -0.449. The summed E-state index contributed by atoms with van der Waals surface area (Å²) in [5, 5.41) is 0. The number of benzene rings is 2. The zero-order valence-electron chi connectivity index (χ0n) is 15.5. The highest BCUT2D eigenvalue weighted by molar-refractivity contribution is 5.76. The molecule has 2 aromatic carbocycles. The van der Waals surface area contributed by atoms with Gasteiger partial charge in [0.1, 0.15) is 17.2 Å². The van der Waals surface area contributed by atoms with Gasteiger partial charge in [-0.1, -0.05) is 0 Å². The van der Waals surface area contributed by atoms with Crippen LogP contribution in [0.15, 0.2) is 30.3 Å². The molecule has 0 aromatic heterocycles. The van der Waals surface area contributed by atoms with Gasteiger partial charge >= 0.3 is 5.97 Å². The van der Waals surface area contributed by atoms with Crippen molar-refractivity contribution < 1.29 is 33.2 Å². The third-order valence-electron chi connectivity index (χ3n) is 3.63. The molecule has 0 aliphatic heterocycles. The molecule has 0 saturated carbocycles. The smallest absolute Gasteiger partial charge is 0.315 e. The van der Waals surface area contributed by atoms with E-state index in [0.29, 0.717) is 40.1 Å². The molecule has 0 radical (unpaired) electrons. The number of methoxy groups -OCH3 is 5. The molecule has 0 heterocycles. The maximum atomic E-state index is 12.3. The Kier molecular flexibility index (Phi) is 6.54. The molecule has 7 nitrogen and oxygen atoms in total. The van der Waals surface area contributed by atoms with Crippen LogP contribution < -0.4 is 28.4 Å². The van der Waals surface area contributed by atoms with Crippen LogP contribution >= 0.6 is 0 Å². The predicted octanol–water partition coefficient (Wildman–Crippen LogP) is 2.88. The van der Waals surface area contributed by atoms with Gasteiger partial charge in [0.2, 0.25) is 5.75 Å². The number of esters is 1. The van der Waals surface area contributed by atoms with Gasteiger partial charge in [0.15, 0.2) is 11.5 Å². The van der Waals surface area contributed by atoms with E-state index in [1.54, 1.807) is 30.3 Å². The molecule has 0 aliphatic carbocycles. The van der Waals surface area contributed by atoms with Crippen molar-refractivity contribution >= 4 is 5.97 Å². The predicted molar refractivity (Wildman–Crippen MR) is 95.0 cm³/mol. The summed E-state index contributed by atoms with van der Waals surface area (Å²) in [4.78, 5) is 12.3. The topological polar surface area (TPSA) is 72.5 Å². The monoisotopic (exact) mass is 362 g/mol. The van der Waals surface area contributed by atoms with E-state index in [9.17, 15) is 4.79 Å². The Morgan fingerprint density at radius 3 is 1.62 bits per heavy atom. The SMILES string of the molecule is COc1cc(OC)cc(OC(=O)Cc2cc(OC)c(OC)c(OC)c2)c1. The van der Waals surface area contributed by atoms with E-state index in [1.807, 2.05) is 0 Å². The van der Waals surface area contributed by atoms with Crippen LogP contribution in [-0.4, -0.2) is 41.5 Å². The number of rotatable bonds is 8.